The van der Waals surface area contributed by atoms with Crippen molar-refractivity contribution in [2.75, 3.05) is 0 Å². The molecule has 0 aliphatic rings. The predicted octanol–water partition coefficient (Wildman–Crippen LogP) is 4.25. The van der Waals surface area contributed by atoms with Gasteiger partial charge in [-0.25, -0.2) is 0 Å². The van der Waals surface area contributed by atoms with Crippen LogP contribution >= 0.6 is 0 Å². The van der Waals surface area contributed by atoms with Gasteiger partial charge in [-0.1, -0.05) is 48.5 Å². The number of fused-ring (bicyclic) bond motifs is 1. The Morgan fingerprint density at radius 2 is 1.63 bits per heavy atom. The van der Waals surface area contributed by atoms with Crippen LogP contribution in [0.15, 0.2) is 94.4 Å². The second kappa shape index (κ2) is 7.00. The zero-order valence-electron chi connectivity index (χ0n) is 16.1. The van der Waals surface area contributed by atoms with Crippen LogP contribution in [0.5, 0.6) is 0 Å². The average Bonchev–Trinajstić information content (AvgIpc) is 3.20. The minimum atomic E-state index is -0.451. The van der Waals surface area contributed by atoms with Crippen LogP contribution in [0.1, 0.15) is 5.56 Å². The van der Waals surface area contributed by atoms with Crippen LogP contribution in [0.4, 0.5) is 0 Å². The number of hydrogen-bond acceptors (Lipinski definition) is 4. The number of nitrogens with zero attached hydrogens (tertiary/aromatic N) is 3. The zero-order chi connectivity index (χ0) is 20.7. The molecule has 2 aromatic carbocycles. The third-order valence-corrected chi connectivity index (χ3v) is 4.92. The van der Waals surface area contributed by atoms with Crippen molar-refractivity contribution in [3.63, 3.8) is 0 Å². The lowest BCUT2D eigenvalue weighted by Crippen LogP contribution is -2.35. The van der Waals surface area contributed by atoms with Crippen LogP contribution in [-0.2, 0) is 0 Å². The smallest absolute Gasteiger partial charge is 0.330 e. The van der Waals surface area contributed by atoms with Crippen LogP contribution < -0.4 is 10.3 Å². The second-order valence-corrected chi connectivity index (χ2v) is 7.04. The fourth-order valence-electron chi connectivity index (χ4n) is 3.53. The zero-order valence-corrected chi connectivity index (χ0v) is 16.1. The Hall–Kier alpha value is -4.19. The molecule has 0 aliphatic heterocycles. The first-order chi connectivity index (χ1) is 14.6. The van der Waals surface area contributed by atoms with Gasteiger partial charge in [0.05, 0.1) is 5.39 Å². The molecule has 0 radical (unpaired) electrons. The molecule has 0 bridgehead atoms. The standard InChI is InChI=1S/C24H17N3O3/c1-16-14-19-12-13-26(24(28)20(19)27(29)15-16)22-21(17-8-4-2-5-9-17)30-23(25-22)18-10-6-3-7-11-18/h2-15H,1H3. The van der Waals surface area contributed by atoms with Crippen molar-refractivity contribution in [3.05, 3.63) is 106 Å². The lowest BCUT2D eigenvalue weighted by atomic mass is 10.1. The highest BCUT2D eigenvalue weighted by atomic mass is 16.5. The maximum atomic E-state index is 13.3. The van der Waals surface area contributed by atoms with Crippen molar-refractivity contribution in [3.8, 4) is 28.6 Å². The maximum absolute atomic E-state index is 13.3. The molecular formula is C24H17N3O3. The summed E-state index contributed by atoms with van der Waals surface area (Å²) in [6, 6.07) is 22.5. The highest BCUT2D eigenvalue weighted by molar-refractivity contribution is 5.76. The lowest BCUT2D eigenvalue weighted by molar-refractivity contribution is -0.578. The molecule has 0 fully saturated rings. The first-order valence-corrected chi connectivity index (χ1v) is 9.49. The van der Waals surface area contributed by atoms with E-state index in [4.69, 9.17) is 4.42 Å². The van der Waals surface area contributed by atoms with E-state index in [1.54, 1.807) is 12.3 Å². The molecule has 0 saturated carbocycles. The van der Waals surface area contributed by atoms with Crippen molar-refractivity contribution in [2.45, 2.75) is 6.92 Å². The van der Waals surface area contributed by atoms with E-state index in [-0.39, 0.29) is 5.52 Å². The van der Waals surface area contributed by atoms with Gasteiger partial charge in [0, 0.05) is 22.9 Å². The van der Waals surface area contributed by atoms with Gasteiger partial charge in [0.1, 0.15) is 0 Å². The van der Waals surface area contributed by atoms with E-state index in [1.165, 1.54) is 10.8 Å². The fraction of sp³-hybridized carbons (Fsp3) is 0.0417. The van der Waals surface area contributed by atoms with Crippen molar-refractivity contribution in [1.82, 2.24) is 9.55 Å². The van der Waals surface area contributed by atoms with E-state index in [0.29, 0.717) is 27.6 Å². The van der Waals surface area contributed by atoms with E-state index < -0.39 is 5.56 Å². The monoisotopic (exact) mass is 395 g/mol. The Bertz CT molecular complexity index is 1420. The van der Waals surface area contributed by atoms with Gasteiger partial charge in [-0.05, 0) is 31.2 Å². The van der Waals surface area contributed by atoms with Gasteiger partial charge in [0.15, 0.2) is 17.8 Å². The molecule has 146 valence electrons. The summed E-state index contributed by atoms with van der Waals surface area (Å²) in [6.45, 7) is 1.82. The summed E-state index contributed by atoms with van der Waals surface area (Å²) in [7, 11) is 0. The van der Waals surface area contributed by atoms with E-state index in [1.807, 2.05) is 73.7 Å². The highest BCUT2D eigenvalue weighted by Crippen LogP contribution is 2.31. The second-order valence-electron chi connectivity index (χ2n) is 7.04. The largest absolute Gasteiger partial charge is 0.618 e. The first kappa shape index (κ1) is 17.9. The van der Waals surface area contributed by atoms with Crippen LogP contribution in [0.2, 0.25) is 0 Å². The van der Waals surface area contributed by atoms with Crippen molar-refractivity contribution in [2.24, 2.45) is 0 Å². The van der Waals surface area contributed by atoms with Crippen molar-refractivity contribution in [1.29, 1.82) is 0 Å². The Morgan fingerprint density at radius 3 is 2.33 bits per heavy atom. The van der Waals surface area contributed by atoms with Crippen LogP contribution in [0, 0.1) is 12.1 Å². The third-order valence-electron chi connectivity index (χ3n) is 4.92. The van der Waals surface area contributed by atoms with Crippen molar-refractivity contribution < 1.29 is 9.15 Å². The minimum absolute atomic E-state index is 0.0615. The molecule has 0 amide bonds. The Balaban J connectivity index is 1.79. The lowest BCUT2D eigenvalue weighted by Gasteiger charge is -2.07. The summed E-state index contributed by atoms with van der Waals surface area (Å²) in [4.78, 5) is 17.9. The fourth-order valence-corrected chi connectivity index (χ4v) is 3.53. The first-order valence-electron chi connectivity index (χ1n) is 9.49. The van der Waals surface area contributed by atoms with E-state index >= 15 is 0 Å². The van der Waals surface area contributed by atoms with Gasteiger partial charge < -0.3 is 9.62 Å². The minimum Gasteiger partial charge on any atom is -0.618 e. The van der Waals surface area contributed by atoms with Crippen LogP contribution in [0.3, 0.4) is 0 Å². The highest BCUT2D eigenvalue weighted by Gasteiger charge is 2.21. The van der Waals surface area contributed by atoms with Gasteiger partial charge in [-0.2, -0.15) is 9.71 Å². The molecule has 5 aromatic rings. The quantitative estimate of drug-likeness (QED) is 0.338. The Kier molecular flexibility index (Phi) is 4.17. The predicted molar refractivity (Wildman–Crippen MR) is 114 cm³/mol. The maximum Gasteiger partial charge on any atom is 0.330 e. The normalized spacial score (nSPS) is 11.1. The molecule has 3 aromatic heterocycles. The van der Waals surface area contributed by atoms with E-state index in [9.17, 15) is 10.0 Å². The molecule has 0 saturated heterocycles. The van der Waals surface area contributed by atoms with Crippen molar-refractivity contribution >= 4 is 10.9 Å². The molecule has 6 nitrogen and oxygen atoms in total. The molecule has 30 heavy (non-hydrogen) atoms. The molecule has 0 atom stereocenters. The number of pyridine rings is 2. The number of hydrogen-bond donors (Lipinski definition) is 0. The number of oxazole rings is 1. The average molecular weight is 395 g/mol. The molecule has 3 heterocycles. The molecule has 6 heteroatoms. The third kappa shape index (κ3) is 2.95. The van der Waals surface area contributed by atoms with Gasteiger partial charge in [0.2, 0.25) is 5.89 Å². The van der Waals surface area contributed by atoms with E-state index in [0.717, 1.165) is 16.7 Å². The van der Waals surface area contributed by atoms with Gasteiger partial charge >= 0.3 is 5.56 Å². The molecule has 0 spiro atoms. The number of benzene rings is 2. The van der Waals surface area contributed by atoms with Gasteiger partial charge in [-0.3, -0.25) is 9.36 Å². The Labute approximate surface area is 171 Å². The summed E-state index contributed by atoms with van der Waals surface area (Å²) in [5.41, 5.74) is 1.98. The number of rotatable bonds is 3. The SMILES string of the molecule is Cc1cc2ccn(-c3nc(-c4ccccc4)oc3-c3ccccc3)c(=O)c2[n+]([O-])c1. The van der Waals surface area contributed by atoms with Gasteiger partial charge in [-0.15, -0.1) is 0 Å². The summed E-state index contributed by atoms with van der Waals surface area (Å²) in [5, 5.41) is 13.0. The molecule has 0 aliphatic carbocycles. The molecule has 0 unspecified atom stereocenters. The van der Waals surface area contributed by atoms with Gasteiger partial charge in [0.25, 0.3) is 5.52 Å². The van der Waals surface area contributed by atoms with Crippen LogP contribution in [0.25, 0.3) is 39.5 Å². The number of aromatic nitrogens is 3. The molecular weight excluding hydrogens is 378 g/mol. The van der Waals surface area contributed by atoms with Crippen LogP contribution in [-0.4, -0.2) is 9.55 Å². The summed E-state index contributed by atoms with van der Waals surface area (Å²) < 4.78 is 8.08. The summed E-state index contributed by atoms with van der Waals surface area (Å²) in [6.07, 6.45) is 3.02. The topological polar surface area (TPSA) is 75.0 Å². The summed E-state index contributed by atoms with van der Waals surface area (Å²) in [5.74, 6) is 1.20. The molecule has 5 rings (SSSR count). The molecule has 0 N–H and O–H groups in total. The summed E-state index contributed by atoms with van der Waals surface area (Å²) >= 11 is 0. The number of aryl methyl sites for hydroxylation is 1. The van der Waals surface area contributed by atoms with E-state index in [2.05, 4.69) is 4.98 Å². The Morgan fingerprint density at radius 1 is 0.967 bits per heavy atom.